The molecule has 312 valence electrons. The largest absolute Gasteiger partial charge is 0.507 e. The van der Waals surface area contributed by atoms with Crippen LogP contribution in [0.4, 0.5) is 0 Å². The summed E-state index contributed by atoms with van der Waals surface area (Å²) in [6.07, 6.45) is 6.50. The number of aromatic nitrogens is 3. The average Bonchev–Trinajstić information content (AvgIpc) is 3.67. The lowest BCUT2D eigenvalue weighted by Crippen LogP contribution is -2.36. The molecule has 1 fully saturated rings. The van der Waals surface area contributed by atoms with Crippen LogP contribution in [0.25, 0.3) is 61.6 Å². The standard InChI is InChI=1S/C58H59N3O/c1-55(2,3)45-24-27-52(62)49(38-45)54-60-53-48(41-34-42(36-46(35-41)56(4,5)6)50-37-40(28-33-59-50)39-16-11-9-12-17-39)20-15-21-51(53)61(54)47-25-22-44(23-26-47)58(8)31-29-57(7,30-32-58)43-18-13-10-14-19-43/h9-28,33-38,62H,29-32H2,1-8H3. The van der Waals surface area contributed by atoms with Crippen molar-refractivity contribution in [2.24, 2.45) is 0 Å². The molecule has 0 atom stereocenters. The summed E-state index contributed by atoms with van der Waals surface area (Å²) in [7, 11) is 0. The van der Waals surface area contributed by atoms with Gasteiger partial charge in [-0.2, -0.15) is 0 Å². The minimum atomic E-state index is -0.117. The molecule has 0 saturated heterocycles. The SMILES string of the molecule is CC(C)(C)c1cc(-c2cc(-c3ccccc3)ccn2)cc(-c2cccc3c2nc(-c2cc(C(C)(C)C)ccc2O)n3-c2ccc(C3(C)CCC(C)(c4ccccc4)CC3)cc2)c1. The van der Waals surface area contributed by atoms with Crippen molar-refractivity contribution in [2.45, 2.75) is 103 Å². The van der Waals surface area contributed by atoms with Crippen molar-refractivity contribution < 1.29 is 5.11 Å². The van der Waals surface area contributed by atoms with Gasteiger partial charge in [0.25, 0.3) is 0 Å². The number of aromatic hydroxyl groups is 1. The van der Waals surface area contributed by atoms with E-state index in [1.807, 2.05) is 18.3 Å². The number of hydrogen-bond donors (Lipinski definition) is 1. The quantitative estimate of drug-likeness (QED) is 0.174. The van der Waals surface area contributed by atoms with Crippen molar-refractivity contribution in [3.63, 3.8) is 0 Å². The van der Waals surface area contributed by atoms with Crippen molar-refractivity contribution in [3.8, 4) is 56.3 Å². The molecule has 0 spiro atoms. The molecular formula is C58H59N3O. The molecule has 0 unspecified atom stereocenters. The van der Waals surface area contributed by atoms with Crippen molar-refractivity contribution in [3.05, 3.63) is 180 Å². The Kier molecular flexibility index (Phi) is 10.3. The van der Waals surface area contributed by atoms with Crippen LogP contribution in [0.2, 0.25) is 0 Å². The smallest absolute Gasteiger partial charge is 0.149 e. The van der Waals surface area contributed by atoms with E-state index in [1.54, 1.807) is 0 Å². The van der Waals surface area contributed by atoms with E-state index in [4.69, 9.17) is 9.97 Å². The van der Waals surface area contributed by atoms with E-state index >= 15 is 0 Å². The van der Waals surface area contributed by atoms with Gasteiger partial charge in [-0.15, -0.1) is 0 Å². The first kappa shape index (κ1) is 41.1. The van der Waals surface area contributed by atoms with Gasteiger partial charge in [-0.3, -0.25) is 9.55 Å². The van der Waals surface area contributed by atoms with Crippen LogP contribution >= 0.6 is 0 Å². The monoisotopic (exact) mass is 813 g/mol. The van der Waals surface area contributed by atoms with Crippen molar-refractivity contribution in [1.82, 2.24) is 14.5 Å². The van der Waals surface area contributed by atoms with Gasteiger partial charge < -0.3 is 5.11 Å². The Morgan fingerprint density at radius 3 is 1.77 bits per heavy atom. The van der Waals surface area contributed by atoms with Gasteiger partial charge in [-0.1, -0.05) is 152 Å². The lowest BCUT2D eigenvalue weighted by atomic mass is 9.61. The molecule has 0 aliphatic heterocycles. The summed E-state index contributed by atoms with van der Waals surface area (Å²) in [5.41, 5.74) is 15.2. The predicted molar refractivity (Wildman–Crippen MR) is 259 cm³/mol. The first-order chi connectivity index (χ1) is 29.6. The van der Waals surface area contributed by atoms with E-state index in [1.165, 1.54) is 16.7 Å². The Morgan fingerprint density at radius 1 is 0.516 bits per heavy atom. The lowest BCUT2D eigenvalue weighted by Gasteiger charge is -2.44. The topological polar surface area (TPSA) is 50.9 Å². The van der Waals surface area contributed by atoms with E-state index in [2.05, 4.69) is 199 Å². The molecule has 62 heavy (non-hydrogen) atoms. The van der Waals surface area contributed by atoms with E-state index in [9.17, 15) is 5.11 Å². The summed E-state index contributed by atoms with van der Waals surface area (Å²) in [6.45, 7) is 18.3. The van der Waals surface area contributed by atoms with Gasteiger partial charge in [-0.05, 0) is 141 Å². The third-order valence-electron chi connectivity index (χ3n) is 13.8. The van der Waals surface area contributed by atoms with Crippen LogP contribution in [0.15, 0.2) is 158 Å². The lowest BCUT2D eigenvalue weighted by molar-refractivity contribution is 0.223. The Morgan fingerprint density at radius 2 is 1.13 bits per heavy atom. The summed E-state index contributed by atoms with van der Waals surface area (Å²) in [4.78, 5) is 10.4. The molecule has 4 nitrogen and oxygen atoms in total. The van der Waals surface area contributed by atoms with Crippen LogP contribution in [0.5, 0.6) is 5.75 Å². The van der Waals surface area contributed by atoms with E-state index in [0.717, 1.165) is 87.3 Å². The number of fused-ring (bicyclic) bond motifs is 1. The summed E-state index contributed by atoms with van der Waals surface area (Å²) in [5, 5.41) is 11.6. The summed E-state index contributed by atoms with van der Waals surface area (Å²) in [5.74, 6) is 0.932. The zero-order valence-electron chi connectivity index (χ0n) is 37.6. The molecule has 1 aliphatic carbocycles. The molecule has 1 saturated carbocycles. The molecular weight excluding hydrogens is 755 g/mol. The van der Waals surface area contributed by atoms with Gasteiger partial charge in [0, 0.05) is 23.0 Å². The van der Waals surface area contributed by atoms with Crippen molar-refractivity contribution in [2.75, 3.05) is 0 Å². The highest BCUT2D eigenvalue weighted by atomic mass is 16.3. The van der Waals surface area contributed by atoms with Gasteiger partial charge >= 0.3 is 0 Å². The summed E-state index contributed by atoms with van der Waals surface area (Å²) in [6, 6.07) is 54.4. The zero-order chi connectivity index (χ0) is 43.4. The molecule has 9 rings (SSSR count). The van der Waals surface area contributed by atoms with Crippen LogP contribution in [0.1, 0.15) is 103 Å². The van der Waals surface area contributed by atoms with Gasteiger partial charge in [0.05, 0.1) is 22.3 Å². The number of phenolic OH excluding ortho intramolecular Hbond substituents is 1. The fraction of sp³-hybridized carbons (Fsp3) is 0.276. The number of rotatable bonds is 7. The van der Waals surface area contributed by atoms with Crippen LogP contribution in [-0.2, 0) is 21.7 Å². The third-order valence-corrected chi connectivity index (χ3v) is 13.8. The molecule has 2 heterocycles. The number of hydrogen-bond acceptors (Lipinski definition) is 3. The molecule has 1 N–H and O–H groups in total. The Bertz CT molecular complexity index is 2880. The summed E-state index contributed by atoms with van der Waals surface area (Å²) < 4.78 is 2.25. The maximum Gasteiger partial charge on any atom is 0.149 e. The van der Waals surface area contributed by atoms with Crippen LogP contribution in [0.3, 0.4) is 0 Å². The maximum absolute atomic E-state index is 11.6. The molecule has 0 radical (unpaired) electrons. The molecule has 8 aromatic rings. The van der Waals surface area contributed by atoms with Gasteiger partial charge in [0.1, 0.15) is 11.6 Å². The molecule has 0 amide bonds. The van der Waals surface area contributed by atoms with Crippen LogP contribution < -0.4 is 0 Å². The number of para-hydroxylation sites is 1. The normalized spacial score (nSPS) is 18.3. The van der Waals surface area contributed by atoms with Gasteiger partial charge in [0.15, 0.2) is 0 Å². The third kappa shape index (κ3) is 7.77. The fourth-order valence-electron chi connectivity index (χ4n) is 9.50. The first-order valence-corrected chi connectivity index (χ1v) is 22.3. The predicted octanol–water partition coefficient (Wildman–Crippen LogP) is 15.2. The second-order valence-corrected chi connectivity index (χ2v) is 20.3. The van der Waals surface area contributed by atoms with Crippen molar-refractivity contribution in [1.29, 1.82) is 0 Å². The van der Waals surface area contributed by atoms with E-state index < -0.39 is 0 Å². The summed E-state index contributed by atoms with van der Waals surface area (Å²) >= 11 is 0. The van der Waals surface area contributed by atoms with Gasteiger partial charge in [0.2, 0.25) is 0 Å². The zero-order valence-corrected chi connectivity index (χ0v) is 37.6. The van der Waals surface area contributed by atoms with Crippen LogP contribution in [-0.4, -0.2) is 19.6 Å². The van der Waals surface area contributed by atoms with E-state index in [-0.39, 0.29) is 27.4 Å². The highest BCUT2D eigenvalue weighted by Gasteiger charge is 2.39. The molecule has 2 aromatic heterocycles. The molecule has 4 heteroatoms. The Hall–Kier alpha value is -6.26. The first-order valence-electron chi connectivity index (χ1n) is 22.3. The second-order valence-electron chi connectivity index (χ2n) is 20.3. The van der Waals surface area contributed by atoms with E-state index in [0.29, 0.717) is 5.56 Å². The maximum atomic E-state index is 11.6. The minimum Gasteiger partial charge on any atom is -0.507 e. The van der Waals surface area contributed by atoms with Crippen LogP contribution in [0, 0.1) is 0 Å². The number of phenols is 1. The fourth-order valence-corrected chi connectivity index (χ4v) is 9.50. The van der Waals surface area contributed by atoms with Crippen molar-refractivity contribution >= 4 is 11.0 Å². The molecule has 1 aliphatic rings. The minimum absolute atomic E-state index is 0.0877. The highest BCUT2D eigenvalue weighted by molar-refractivity contribution is 5.97. The number of benzene rings is 6. The Labute approximate surface area is 368 Å². The van der Waals surface area contributed by atoms with Gasteiger partial charge in [-0.25, -0.2) is 4.98 Å². The second kappa shape index (κ2) is 15.6. The average molecular weight is 814 g/mol. The number of pyridine rings is 1. The number of nitrogens with zero attached hydrogens (tertiary/aromatic N) is 3. The molecule has 6 aromatic carbocycles. The molecule has 0 bridgehead atoms. The highest BCUT2D eigenvalue weighted by Crippen LogP contribution is 2.49. The number of imidazole rings is 1. The Balaban J connectivity index is 1.18.